The fourth-order valence-corrected chi connectivity index (χ4v) is 4.65. The van der Waals surface area contributed by atoms with Gasteiger partial charge in [0, 0.05) is 6.42 Å². The number of hydrogen-bond donors (Lipinski definition) is 1. The molecule has 9 heteroatoms. The van der Waals surface area contributed by atoms with Crippen molar-refractivity contribution in [1.29, 1.82) is 0 Å². The van der Waals surface area contributed by atoms with E-state index in [1.165, 1.54) is 0 Å². The molecule has 0 atom stereocenters. The minimum atomic E-state index is -4.04. The van der Waals surface area contributed by atoms with E-state index in [1.54, 1.807) is 50.6 Å². The molecule has 0 aliphatic carbocycles. The van der Waals surface area contributed by atoms with Gasteiger partial charge in [0.1, 0.15) is 23.8 Å². The van der Waals surface area contributed by atoms with Crippen LogP contribution in [0.25, 0.3) is 21.8 Å². The topological polar surface area (TPSA) is 103 Å². The quantitative estimate of drug-likeness (QED) is 0.0926. The lowest BCUT2D eigenvalue weighted by Gasteiger charge is -2.13. The Kier molecular flexibility index (Phi) is 7.18. The van der Waals surface area contributed by atoms with Crippen LogP contribution in [0.3, 0.4) is 0 Å². The van der Waals surface area contributed by atoms with E-state index in [1.807, 2.05) is 34.9 Å². The molecule has 0 radical (unpaired) electrons. The minimum Gasteiger partial charge on any atom is -0.497 e. The van der Waals surface area contributed by atoms with E-state index in [0.29, 0.717) is 46.6 Å². The SMILES string of the molecule is COc1ccc2c(C(=O)Oc3ccccc3)c3ccc(OC)cc3[n+](CCCCS(=O)(=O)O)c2c1. The van der Waals surface area contributed by atoms with Crippen LogP contribution in [0.2, 0.25) is 0 Å². The molecule has 0 amide bonds. The van der Waals surface area contributed by atoms with Crippen LogP contribution in [0.4, 0.5) is 0 Å². The minimum absolute atomic E-state index is 0.278. The molecule has 0 unspecified atom stereocenters. The van der Waals surface area contributed by atoms with Crippen LogP contribution in [0.15, 0.2) is 66.7 Å². The molecule has 182 valence electrons. The van der Waals surface area contributed by atoms with Gasteiger partial charge in [-0.25, -0.2) is 4.79 Å². The third-order valence-corrected chi connectivity index (χ3v) is 6.53. The van der Waals surface area contributed by atoms with Gasteiger partial charge in [-0.2, -0.15) is 13.0 Å². The Balaban J connectivity index is 1.91. The lowest BCUT2D eigenvalue weighted by molar-refractivity contribution is -0.645. The number of para-hydroxylation sites is 1. The monoisotopic (exact) mass is 496 g/mol. The molecule has 0 saturated carbocycles. The first-order chi connectivity index (χ1) is 16.8. The molecule has 3 aromatic carbocycles. The van der Waals surface area contributed by atoms with E-state index in [0.717, 1.165) is 11.0 Å². The number of nitrogens with zero attached hydrogens (tertiary/aromatic N) is 1. The second-order valence-corrected chi connectivity index (χ2v) is 9.56. The smallest absolute Gasteiger partial charge is 0.345 e. The first kappa shape index (κ1) is 24.4. The summed E-state index contributed by atoms with van der Waals surface area (Å²) in [7, 11) is -0.920. The predicted octanol–water partition coefficient (Wildman–Crippen LogP) is 4.18. The molecule has 1 N–H and O–H groups in total. The average molecular weight is 497 g/mol. The molecule has 1 aromatic heterocycles. The molecule has 0 saturated heterocycles. The fourth-order valence-electron chi connectivity index (χ4n) is 4.08. The number of methoxy groups -OCH3 is 2. The number of ether oxygens (including phenoxy) is 3. The van der Waals surface area contributed by atoms with E-state index in [2.05, 4.69) is 0 Å². The maximum absolute atomic E-state index is 13.4. The highest BCUT2D eigenvalue weighted by molar-refractivity contribution is 7.85. The van der Waals surface area contributed by atoms with Crippen LogP contribution in [-0.2, 0) is 16.7 Å². The number of hydrogen-bond acceptors (Lipinski definition) is 6. The van der Waals surface area contributed by atoms with E-state index < -0.39 is 16.1 Å². The van der Waals surface area contributed by atoms with E-state index in [-0.39, 0.29) is 12.2 Å². The van der Waals surface area contributed by atoms with Gasteiger partial charge in [0.25, 0.3) is 10.1 Å². The molecule has 4 rings (SSSR count). The van der Waals surface area contributed by atoms with Gasteiger partial charge in [0.15, 0.2) is 0 Å². The largest absolute Gasteiger partial charge is 0.497 e. The van der Waals surface area contributed by atoms with Crippen molar-refractivity contribution in [3.63, 3.8) is 0 Å². The molecule has 0 fully saturated rings. The van der Waals surface area contributed by atoms with Crippen LogP contribution in [0.1, 0.15) is 23.2 Å². The number of unbranched alkanes of at least 4 members (excludes halogenated alkanes) is 1. The molecule has 35 heavy (non-hydrogen) atoms. The summed E-state index contributed by atoms with van der Waals surface area (Å²) in [6.07, 6.45) is 0.761. The first-order valence-electron chi connectivity index (χ1n) is 11.0. The van der Waals surface area contributed by atoms with Gasteiger partial charge in [-0.1, -0.05) is 18.2 Å². The van der Waals surface area contributed by atoms with Crippen LogP contribution >= 0.6 is 0 Å². The van der Waals surface area contributed by atoms with Crippen molar-refractivity contribution in [2.75, 3.05) is 20.0 Å². The normalized spacial score (nSPS) is 11.5. The fraction of sp³-hybridized carbons (Fsp3) is 0.231. The Hall–Kier alpha value is -3.69. The number of pyridine rings is 1. The van der Waals surface area contributed by atoms with Gasteiger partial charge >= 0.3 is 5.97 Å². The van der Waals surface area contributed by atoms with Crippen LogP contribution in [0.5, 0.6) is 17.2 Å². The van der Waals surface area contributed by atoms with Crippen molar-refractivity contribution in [2.45, 2.75) is 19.4 Å². The number of fused-ring (bicyclic) bond motifs is 2. The number of aromatic nitrogens is 1. The van der Waals surface area contributed by atoms with Crippen molar-refractivity contribution in [1.82, 2.24) is 0 Å². The zero-order valence-electron chi connectivity index (χ0n) is 19.4. The lowest BCUT2D eigenvalue weighted by atomic mass is 10.0. The molecular weight excluding hydrogens is 470 g/mol. The number of carbonyl (C=O) groups excluding carboxylic acids is 1. The van der Waals surface area contributed by atoms with Crippen LogP contribution in [-0.4, -0.2) is 38.9 Å². The summed E-state index contributed by atoms with van der Waals surface area (Å²) in [5.41, 5.74) is 1.84. The summed E-state index contributed by atoms with van der Waals surface area (Å²) in [5, 5.41) is 1.33. The average Bonchev–Trinajstić information content (AvgIpc) is 2.85. The van der Waals surface area contributed by atoms with Crippen molar-refractivity contribution in [2.24, 2.45) is 0 Å². The van der Waals surface area contributed by atoms with Crippen LogP contribution in [0, 0.1) is 0 Å². The first-order valence-corrected chi connectivity index (χ1v) is 12.7. The summed E-state index contributed by atoms with van der Waals surface area (Å²) in [6, 6.07) is 19.7. The summed E-state index contributed by atoms with van der Waals surface area (Å²) in [5.74, 6) is 0.822. The Morgan fingerprint density at radius 3 is 1.91 bits per heavy atom. The third-order valence-electron chi connectivity index (χ3n) is 5.72. The maximum Gasteiger partial charge on any atom is 0.345 e. The number of rotatable bonds is 9. The lowest BCUT2D eigenvalue weighted by Crippen LogP contribution is -2.37. The maximum atomic E-state index is 13.4. The molecular formula is C26H26NO7S+. The molecule has 4 aromatic rings. The number of carbonyl (C=O) groups is 1. The Bertz CT molecular complexity index is 1420. The van der Waals surface area contributed by atoms with Gasteiger partial charge in [0.2, 0.25) is 11.0 Å². The van der Waals surface area contributed by atoms with E-state index >= 15 is 0 Å². The van der Waals surface area contributed by atoms with E-state index in [9.17, 15) is 13.2 Å². The zero-order valence-corrected chi connectivity index (χ0v) is 20.2. The highest BCUT2D eigenvalue weighted by atomic mass is 32.2. The van der Waals surface area contributed by atoms with E-state index in [4.69, 9.17) is 18.8 Å². The van der Waals surface area contributed by atoms with Gasteiger partial charge in [0.05, 0.1) is 48.4 Å². The molecule has 8 nitrogen and oxygen atoms in total. The second kappa shape index (κ2) is 10.3. The van der Waals surface area contributed by atoms with Crippen molar-refractivity contribution >= 4 is 37.9 Å². The Labute approximate surface area is 203 Å². The van der Waals surface area contributed by atoms with Gasteiger partial charge < -0.3 is 14.2 Å². The molecule has 0 aliphatic heterocycles. The number of aryl methyl sites for hydroxylation is 1. The van der Waals surface area contributed by atoms with Crippen molar-refractivity contribution in [3.8, 4) is 17.2 Å². The predicted molar refractivity (Wildman–Crippen MR) is 132 cm³/mol. The van der Waals surface area contributed by atoms with Crippen molar-refractivity contribution < 1.29 is 36.5 Å². The molecule has 0 aliphatic rings. The van der Waals surface area contributed by atoms with Gasteiger partial charge in [-0.05, 0) is 42.8 Å². The highest BCUT2D eigenvalue weighted by Crippen LogP contribution is 2.31. The molecule has 0 bridgehead atoms. The van der Waals surface area contributed by atoms with Crippen LogP contribution < -0.4 is 18.8 Å². The Morgan fingerprint density at radius 2 is 1.40 bits per heavy atom. The summed E-state index contributed by atoms with van der Waals surface area (Å²) in [4.78, 5) is 13.4. The summed E-state index contributed by atoms with van der Waals surface area (Å²) < 4.78 is 50.0. The summed E-state index contributed by atoms with van der Waals surface area (Å²) >= 11 is 0. The number of benzene rings is 3. The summed E-state index contributed by atoms with van der Waals surface area (Å²) in [6.45, 7) is 0.441. The highest BCUT2D eigenvalue weighted by Gasteiger charge is 2.26. The standard InChI is InChI=1S/C26H25NO7S/c1-32-19-10-12-21-23(16-19)27(14-6-7-15-35(29,30)31)24-17-20(33-2)11-13-22(24)25(21)26(28)34-18-8-4-3-5-9-18/h3-5,8-13,16-17H,6-7,14-15H2,1-2H3/p+1. The number of esters is 1. The third kappa shape index (κ3) is 5.52. The zero-order chi connectivity index (χ0) is 25.0. The van der Waals surface area contributed by atoms with Gasteiger partial charge in [-0.15, -0.1) is 0 Å². The molecule has 0 spiro atoms. The Morgan fingerprint density at radius 1 is 0.829 bits per heavy atom. The van der Waals surface area contributed by atoms with Gasteiger partial charge in [-0.3, -0.25) is 4.55 Å². The molecule has 1 heterocycles. The van der Waals surface area contributed by atoms with Crippen molar-refractivity contribution in [3.05, 3.63) is 72.3 Å². The second-order valence-electron chi connectivity index (χ2n) is 7.99.